The van der Waals surface area contributed by atoms with E-state index in [4.69, 9.17) is 5.73 Å². The van der Waals surface area contributed by atoms with E-state index in [-0.39, 0.29) is 23.4 Å². The molecule has 0 aliphatic heterocycles. The molecular weight excluding hydrogens is 386 g/mol. The van der Waals surface area contributed by atoms with Crippen molar-refractivity contribution in [2.24, 2.45) is 47.2 Å². The van der Waals surface area contributed by atoms with Crippen LogP contribution >= 0.6 is 0 Å². The van der Waals surface area contributed by atoms with Gasteiger partial charge in [-0.1, -0.05) is 6.92 Å². The predicted octanol–water partition coefficient (Wildman–Crippen LogP) is 4.36. The second kappa shape index (κ2) is 7.69. The average Bonchev–Trinajstić information content (AvgIpc) is 3.38. The first-order valence-corrected chi connectivity index (χ1v) is 12.8. The lowest BCUT2D eigenvalue weighted by molar-refractivity contribution is -0.132. The normalized spacial score (nSPS) is 46.5. The number of hydrogen-bond acceptors (Lipinski definition) is 4. The number of ketones is 1. The highest BCUT2D eigenvalue weighted by Crippen LogP contribution is 2.61. The summed E-state index contributed by atoms with van der Waals surface area (Å²) in [5.41, 5.74) is 6.42. The molecule has 4 saturated carbocycles. The molecule has 1 heterocycles. The van der Waals surface area contributed by atoms with E-state index in [2.05, 4.69) is 18.9 Å². The molecule has 1 aromatic heterocycles. The molecule has 5 unspecified atom stereocenters. The minimum atomic E-state index is -0.466. The van der Waals surface area contributed by atoms with Crippen LogP contribution in [-0.2, 0) is 4.79 Å². The highest BCUT2D eigenvalue weighted by molar-refractivity contribution is 5.85. The molecule has 31 heavy (non-hydrogen) atoms. The monoisotopic (exact) mass is 427 g/mol. The van der Waals surface area contributed by atoms with Crippen molar-refractivity contribution in [3.8, 4) is 0 Å². The van der Waals surface area contributed by atoms with Gasteiger partial charge < -0.3 is 10.8 Å². The molecule has 5 nitrogen and oxygen atoms in total. The summed E-state index contributed by atoms with van der Waals surface area (Å²) in [5.74, 6) is 3.66. The van der Waals surface area contributed by atoms with Crippen LogP contribution in [0, 0.1) is 41.4 Å². The lowest BCUT2D eigenvalue weighted by Gasteiger charge is -2.56. The van der Waals surface area contributed by atoms with Gasteiger partial charge in [-0.15, -0.1) is 0 Å². The number of aromatic nitrogens is 2. The minimum absolute atomic E-state index is 0.00345. The van der Waals surface area contributed by atoms with Crippen molar-refractivity contribution in [3.05, 3.63) is 18.5 Å². The zero-order chi connectivity index (χ0) is 22.0. The van der Waals surface area contributed by atoms with Crippen LogP contribution in [0.1, 0.15) is 84.6 Å². The lowest BCUT2D eigenvalue weighted by atomic mass is 9.50. The van der Waals surface area contributed by atoms with Gasteiger partial charge in [-0.05, 0) is 107 Å². The molecule has 5 rings (SSSR count). The summed E-state index contributed by atoms with van der Waals surface area (Å²) in [4.78, 5) is 13.7. The van der Waals surface area contributed by atoms with E-state index in [9.17, 15) is 9.90 Å². The van der Waals surface area contributed by atoms with Crippen LogP contribution in [0.15, 0.2) is 18.5 Å². The Balaban J connectivity index is 1.32. The van der Waals surface area contributed by atoms with E-state index in [1.54, 1.807) is 6.20 Å². The number of hydrogen-bond donors (Lipinski definition) is 2. The molecule has 5 heteroatoms. The van der Waals surface area contributed by atoms with Gasteiger partial charge in [0.1, 0.15) is 5.78 Å². The third kappa shape index (κ3) is 3.51. The van der Waals surface area contributed by atoms with Crippen molar-refractivity contribution in [2.45, 2.75) is 95.7 Å². The van der Waals surface area contributed by atoms with Gasteiger partial charge in [-0.2, -0.15) is 5.10 Å². The molecule has 10 atom stereocenters. The van der Waals surface area contributed by atoms with Crippen molar-refractivity contribution in [3.63, 3.8) is 0 Å². The molecule has 1 aromatic rings. The van der Waals surface area contributed by atoms with Crippen molar-refractivity contribution in [1.29, 1.82) is 0 Å². The third-order valence-corrected chi connectivity index (χ3v) is 10.3. The fraction of sp³-hybridized carbons (Fsp3) is 0.846. The Labute approximate surface area is 187 Å². The average molecular weight is 428 g/mol. The molecule has 4 fully saturated rings. The molecule has 0 saturated heterocycles. The summed E-state index contributed by atoms with van der Waals surface area (Å²) in [6.45, 7) is 6.19. The highest BCUT2D eigenvalue weighted by Gasteiger charge is 2.59. The smallest absolute Gasteiger partial charge is 0.142 e. The van der Waals surface area contributed by atoms with Crippen molar-refractivity contribution >= 4 is 5.78 Å². The molecule has 0 spiro atoms. The Hall–Kier alpha value is -1.20. The van der Waals surface area contributed by atoms with Crippen LogP contribution in [-0.4, -0.2) is 31.8 Å². The fourth-order valence-corrected chi connectivity index (χ4v) is 8.52. The van der Waals surface area contributed by atoms with Crippen LogP contribution < -0.4 is 5.73 Å². The van der Waals surface area contributed by atoms with Crippen molar-refractivity contribution in [2.75, 3.05) is 0 Å². The summed E-state index contributed by atoms with van der Waals surface area (Å²) >= 11 is 0. The third-order valence-electron chi connectivity index (χ3n) is 10.3. The number of aliphatic hydroxyl groups is 1. The topological polar surface area (TPSA) is 81.1 Å². The zero-order valence-electron chi connectivity index (χ0n) is 19.5. The van der Waals surface area contributed by atoms with E-state index in [0.717, 1.165) is 43.9 Å². The van der Waals surface area contributed by atoms with Crippen molar-refractivity contribution < 1.29 is 9.90 Å². The highest BCUT2D eigenvalue weighted by atomic mass is 16.3. The Bertz CT molecular complexity index is 806. The van der Waals surface area contributed by atoms with Crippen LogP contribution in [0.2, 0.25) is 0 Å². The number of Topliss-reactive ketones (excluding diaryl/α,β-unsaturated/α-hetero) is 1. The predicted molar refractivity (Wildman–Crippen MR) is 121 cm³/mol. The second-order valence-corrected chi connectivity index (χ2v) is 11.9. The van der Waals surface area contributed by atoms with E-state index >= 15 is 0 Å². The molecule has 0 aromatic carbocycles. The molecule has 0 radical (unpaired) electrons. The molecular formula is C26H41N3O2. The van der Waals surface area contributed by atoms with Gasteiger partial charge in [0.15, 0.2) is 0 Å². The SMILES string of the molecule is CC(C(=O)[C@H]1CCC2C3CC[C@@H]4C[C@](C)(O)CC[C@@H]4C3CC[C@@]21N)C(C)n1cccn1. The number of nitrogens with zero attached hydrogens (tertiary/aromatic N) is 2. The number of fused-ring (bicyclic) bond motifs is 5. The molecule has 0 bridgehead atoms. The molecule has 4 aliphatic rings. The summed E-state index contributed by atoms with van der Waals surface area (Å²) in [5, 5.41) is 15.0. The van der Waals surface area contributed by atoms with Gasteiger partial charge in [0.2, 0.25) is 0 Å². The second-order valence-electron chi connectivity index (χ2n) is 11.9. The molecule has 0 amide bonds. The van der Waals surface area contributed by atoms with Crippen LogP contribution in [0.25, 0.3) is 0 Å². The van der Waals surface area contributed by atoms with Crippen molar-refractivity contribution in [1.82, 2.24) is 9.78 Å². The summed E-state index contributed by atoms with van der Waals surface area (Å²) in [7, 11) is 0. The number of carbonyl (C=O) groups excluding carboxylic acids is 1. The Morgan fingerprint density at radius 2 is 1.87 bits per heavy atom. The number of rotatable bonds is 4. The first-order chi connectivity index (χ1) is 14.7. The Kier molecular flexibility index (Phi) is 5.37. The van der Waals surface area contributed by atoms with E-state index in [1.807, 2.05) is 23.9 Å². The first kappa shape index (κ1) is 21.6. The molecule has 3 N–H and O–H groups in total. The maximum Gasteiger partial charge on any atom is 0.142 e. The van der Waals surface area contributed by atoms with Gasteiger partial charge in [0.25, 0.3) is 0 Å². The van der Waals surface area contributed by atoms with Crippen LogP contribution in [0.3, 0.4) is 0 Å². The summed E-state index contributed by atoms with van der Waals surface area (Å²) < 4.78 is 1.91. The summed E-state index contributed by atoms with van der Waals surface area (Å²) in [6, 6.07) is 1.98. The molecule has 4 aliphatic carbocycles. The summed E-state index contributed by atoms with van der Waals surface area (Å²) in [6.07, 6.45) is 13.6. The van der Waals surface area contributed by atoms with Gasteiger partial charge in [0, 0.05) is 29.8 Å². The van der Waals surface area contributed by atoms with Crippen LogP contribution in [0.5, 0.6) is 0 Å². The van der Waals surface area contributed by atoms with Crippen LogP contribution in [0.4, 0.5) is 0 Å². The van der Waals surface area contributed by atoms with E-state index in [0.29, 0.717) is 23.5 Å². The zero-order valence-corrected chi connectivity index (χ0v) is 19.5. The van der Waals surface area contributed by atoms with Gasteiger partial charge in [-0.25, -0.2) is 0 Å². The van der Waals surface area contributed by atoms with E-state index in [1.165, 1.54) is 25.7 Å². The Morgan fingerprint density at radius 1 is 1.10 bits per heavy atom. The van der Waals surface area contributed by atoms with Gasteiger partial charge in [-0.3, -0.25) is 9.48 Å². The number of carbonyl (C=O) groups is 1. The minimum Gasteiger partial charge on any atom is -0.390 e. The lowest BCUT2D eigenvalue weighted by Crippen LogP contribution is -2.60. The van der Waals surface area contributed by atoms with Gasteiger partial charge in [0.05, 0.1) is 11.6 Å². The molecule has 172 valence electrons. The largest absolute Gasteiger partial charge is 0.390 e. The quantitative estimate of drug-likeness (QED) is 0.748. The van der Waals surface area contributed by atoms with E-state index < -0.39 is 5.60 Å². The standard InChI is InChI=1S/C26H41N3O2/c1-16(17(2)29-14-4-13-28-29)24(30)23-8-7-22-21-6-5-18-15-25(3,31)11-9-19(18)20(21)10-12-26(22,23)27/h4,13-14,16-23,31H,5-12,15,27H2,1-3H3/t16?,17?,18-,19+,20?,21?,22?,23-,25-,26-/m1/s1. The number of nitrogens with two attached hydrogens (primary N) is 1. The maximum absolute atomic E-state index is 13.7. The fourth-order valence-electron chi connectivity index (χ4n) is 8.52. The Morgan fingerprint density at radius 3 is 2.61 bits per heavy atom. The van der Waals surface area contributed by atoms with Gasteiger partial charge >= 0.3 is 0 Å². The first-order valence-electron chi connectivity index (χ1n) is 12.8. The maximum atomic E-state index is 13.7.